The molecule has 2 aromatic carbocycles. The molecule has 0 heterocycles. The number of carbonyl (C=O) groups excluding carboxylic acids is 1. The Labute approximate surface area is 133 Å². The highest BCUT2D eigenvalue weighted by molar-refractivity contribution is 9.10. The lowest BCUT2D eigenvalue weighted by molar-refractivity contribution is -0.144. The van der Waals surface area contributed by atoms with E-state index in [2.05, 4.69) is 40.2 Å². The van der Waals surface area contributed by atoms with Crippen molar-refractivity contribution < 1.29 is 9.53 Å². The first-order chi connectivity index (χ1) is 10.2. The second-order valence-electron chi connectivity index (χ2n) is 5.29. The molecule has 2 nitrogen and oxygen atoms in total. The molecule has 0 radical (unpaired) electrons. The highest BCUT2D eigenvalue weighted by atomic mass is 79.9. The first-order valence-corrected chi connectivity index (χ1v) is 7.98. The Morgan fingerprint density at radius 3 is 2.14 bits per heavy atom. The van der Waals surface area contributed by atoms with Gasteiger partial charge in [-0.3, -0.25) is 4.79 Å². The largest absolute Gasteiger partial charge is 0.466 e. The maximum Gasteiger partial charge on any atom is 0.310 e. The zero-order valence-corrected chi connectivity index (χ0v) is 13.4. The molecular weight excluding hydrogens is 328 g/mol. The number of hydrogen-bond acceptors (Lipinski definition) is 2. The van der Waals surface area contributed by atoms with E-state index in [4.69, 9.17) is 4.74 Å². The lowest BCUT2D eigenvalue weighted by Gasteiger charge is -2.01. The molecule has 1 aliphatic carbocycles. The van der Waals surface area contributed by atoms with Crippen molar-refractivity contribution in [2.45, 2.75) is 18.8 Å². The first-order valence-electron chi connectivity index (χ1n) is 7.19. The molecule has 3 heteroatoms. The topological polar surface area (TPSA) is 26.3 Å². The van der Waals surface area contributed by atoms with Crippen LogP contribution in [0, 0.1) is 5.92 Å². The van der Waals surface area contributed by atoms with Gasteiger partial charge in [-0.2, -0.15) is 0 Å². The summed E-state index contributed by atoms with van der Waals surface area (Å²) in [6.07, 6.45) is 0. The van der Waals surface area contributed by atoms with Crippen LogP contribution in [-0.2, 0) is 9.53 Å². The third kappa shape index (κ3) is 2.88. The third-order valence-electron chi connectivity index (χ3n) is 4.02. The molecule has 3 rings (SSSR count). The summed E-state index contributed by atoms with van der Waals surface area (Å²) in [6.45, 7) is 2.29. The van der Waals surface area contributed by atoms with Crippen LogP contribution in [-0.4, -0.2) is 12.6 Å². The van der Waals surface area contributed by atoms with Gasteiger partial charge in [-0.15, -0.1) is 0 Å². The summed E-state index contributed by atoms with van der Waals surface area (Å²) in [5, 5.41) is 0. The van der Waals surface area contributed by atoms with Gasteiger partial charge in [0.2, 0.25) is 0 Å². The molecular formula is C18H17BrO2. The van der Waals surface area contributed by atoms with Crippen LogP contribution in [0.3, 0.4) is 0 Å². The normalized spacial score (nSPS) is 23.6. The van der Waals surface area contributed by atoms with Gasteiger partial charge >= 0.3 is 5.97 Å². The number of halogens is 1. The minimum absolute atomic E-state index is 0.0616. The predicted molar refractivity (Wildman–Crippen MR) is 86.2 cm³/mol. The molecule has 21 heavy (non-hydrogen) atoms. The van der Waals surface area contributed by atoms with Gasteiger partial charge < -0.3 is 4.74 Å². The lowest BCUT2D eigenvalue weighted by atomic mass is 10.0. The zero-order chi connectivity index (χ0) is 14.8. The van der Waals surface area contributed by atoms with Gasteiger partial charge in [0, 0.05) is 16.3 Å². The quantitative estimate of drug-likeness (QED) is 0.762. The van der Waals surface area contributed by atoms with Crippen molar-refractivity contribution in [3.05, 3.63) is 70.2 Å². The van der Waals surface area contributed by atoms with Crippen LogP contribution in [0.1, 0.15) is 29.9 Å². The first kappa shape index (κ1) is 14.3. The zero-order valence-electron chi connectivity index (χ0n) is 11.8. The minimum atomic E-state index is -0.0840. The maximum atomic E-state index is 12.2. The number of rotatable bonds is 4. The number of esters is 1. The van der Waals surface area contributed by atoms with E-state index in [1.54, 1.807) is 0 Å². The SMILES string of the molecule is CCOC(=O)C1C(c2ccccc2)C1c1ccc(Br)cc1. The Morgan fingerprint density at radius 1 is 1.00 bits per heavy atom. The highest BCUT2D eigenvalue weighted by Gasteiger charge is 2.56. The van der Waals surface area contributed by atoms with Crippen molar-refractivity contribution in [1.82, 2.24) is 0 Å². The van der Waals surface area contributed by atoms with Gasteiger partial charge in [0.05, 0.1) is 12.5 Å². The monoisotopic (exact) mass is 344 g/mol. The van der Waals surface area contributed by atoms with E-state index < -0.39 is 0 Å². The molecule has 0 bridgehead atoms. The van der Waals surface area contributed by atoms with Crippen molar-refractivity contribution in [2.24, 2.45) is 5.92 Å². The smallest absolute Gasteiger partial charge is 0.310 e. The Kier molecular flexibility index (Phi) is 4.11. The van der Waals surface area contributed by atoms with E-state index >= 15 is 0 Å². The standard InChI is InChI=1S/C18H17BrO2/c1-2-21-18(20)17-15(12-6-4-3-5-7-12)16(17)13-8-10-14(19)11-9-13/h3-11,15-17H,2H2,1H3. The number of hydrogen-bond donors (Lipinski definition) is 0. The second-order valence-corrected chi connectivity index (χ2v) is 6.21. The average molecular weight is 345 g/mol. The number of carbonyl (C=O) groups is 1. The Morgan fingerprint density at radius 2 is 1.57 bits per heavy atom. The highest BCUT2D eigenvalue weighted by Crippen LogP contribution is 2.60. The van der Waals surface area contributed by atoms with Crippen LogP contribution in [0.2, 0.25) is 0 Å². The predicted octanol–water partition coefficient (Wildman–Crippen LogP) is 4.51. The minimum Gasteiger partial charge on any atom is -0.466 e. The molecule has 3 unspecified atom stereocenters. The van der Waals surface area contributed by atoms with E-state index in [0.29, 0.717) is 6.61 Å². The van der Waals surface area contributed by atoms with Crippen LogP contribution in [0.4, 0.5) is 0 Å². The maximum absolute atomic E-state index is 12.2. The van der Waals surface area contributed by atoms with Gasteiger partial charge in [-0.25, -0.2) is 0 Å². The fraction of sp³-hybridized carbons (Fsp3) is 0.278. The average Bonchev–Trinajstić information content (AvgIpc) is 3.25. The van der Waals surface area contributed by atoms with E-state index in [-0.39, 0.29) is 23.7 Å². The van der Waals surface area contributed by atoms with Crippen LogP contribution >= 0.6 is 15.9 Å². The van der Waals surface area contributed by atoms with Crippen molar-refractivity contribution in [2.75, 3.05) is 6.61 Å². The van der Waals surface area contributed by atoms with Gasteiger partial charge in [-0.05, 0) is 30.2 Å². The molecule has 0 saturated heterocycles. The van der Waals surface area contributed by atoms with Crippen LogP contribution in [0.5, 0.6) is 0 Å². The number of benzene rings is 2. The summed E-state index contributed by atoms with van der Waals surface area (Å²) in [6, 6.07) is 18.5. The second kappa shape index (κ2) is 6.02. The van der Waals surface area contributed by atoms with E-state index in [9.17, 15) is 4.79 Å². The molecule has 0 spiro atoms. The van der Waals surface area contributed by atoms with Gasteiger partial charge in [0.15, 0.2) is 0 Å². The molecule has 1 aliphatic rings. The van der Waals surface area contributed by atoms with Crippen molar-refractivity contribution in [1.29, 1.82) is 0 Å². The number of ether oxygens (including phenoxy) is 1. The van der Waals surface area contributed by atoms with Crippen molar-refractivity contribution in [3.63, 3.8) is 0 Å². The Balaban J connectivity index is 1.89. The third-order valence-corrected chi connectivity index (χ3v) is 4.55. The van der Waals surface area contributed by atoms with E-state index in [1.165, 1.54) is 11.1 Å². The van der Waals surface area contributed by atoms with Crippen molar-refractivity contribution >= 4 is 21.9 Å². The van der Waals surface area contributed by atoms with E-state index in [1.807, 2.05) is 37.3 Å². The molecule has 0 amide bonds. The van der Waals surface area contributed by atoms with Gasteiger partial charge in [-0.1, -0.05) is 58.4 Å². The summed E-state index contributed by atoms with van der Waals surface area (Å²) in [7, 11) is 0. The Bertz CT molecular complexity index is 621. The molecule has 108 valence electrons. The Hall–Kier alpha value is -1.61. The molecule has 1 fully saturated rings. The van der Waals surface area contributed by atoms with Crippen molar-refractivity contribution in [3.8, 4) is 0 Å². The fourth-order valence-corrected chi connectivity index (χ4v) is 3.30. The van der Waals surface area contributed by atoms with Crippen LogP contribution in [0.15, 0.2) is 59.1 Å². The van der Waals surface area contributed by atoms with Gasteiger partial charge in [0.1, 0.15) is 0 Å². The van der Waals surface area contributed by atoms with Crippen LogP contribution in [0.25, 0.3) is 0 Å². The summed E-state index contributed by atoms with van der Waals surface area (Å²) < 4.78 is 6.30. The molecule has 2 aromatic rings. The van der Waals surface area contributed by atoms with Crippen LogP contribution < -0.4 is 0 Å². The lowest BCUT2D eigenvalue weighted by Crippen LogP contribution is -2.08. The van der Waals surface area contributed by atoms with Gasteiger partial charge in [0.25, 0.3) is 0 Å². The molecule has 1 saturated carbocycles. The summed E-state index contributed by atoms with van der Waals surface area (Å²) in [4.78, 5) is 12.2. The van der Waals surface area contributed by atoms with E-state index in [0.717, 1.165) is 4.47 Å². The summed E-state index contributed by atoms with van der Waals surface area (Å²) in [5.74, 6) is 0.304. The summed E-state index contributed by atoms with van der Waals surface area (Å²) >= 11 is 3.45. The molecule has 0 aliphatic heterocycles. The molecule has 3 atom stereocenters. The summed E-state index contributed by atoms with van der Waals surface area (Å²) in [5.41, 5.74) is 2.41. The molecule has 0 aromatic heterocycles. The molecule has 0 N–H and O–H groups in total. The fourth-order valence-electron chi connectivity index (χ4n) is 3.03.